The molecule has 0 saturated heterocycles. The number of hydrogen-bond acceptors (Lipinski definition) is 3. The number of amides is 1. The van der Waals surface area contributed by atoms with E-state index in [0.29, 0.717) is 17.0 Å². The van der Waals surface area contributed by atoms with Crippen LogP contribution in [0.15, 0.2) is 65.8 Å². The fraction of sp³-hybridized carbons (Fsp3) is 0.238. The van der Waals surface area contributed by atoms with Gasteiger partial charge in [0, 0.05) is 30.2 Å². The van der Waals surface area contributed by atoms with E-state index >= 15 is 0 Å². The van der Waals surface area contributed by atoms with Gasteiger partial charge in [0.05, 0.1) is 5.56 Å². The molecule has 0 spiro atoms. The summed E-state index contributed by atoms with van der Waals surface area (Å²) in [6, 6.07) is 14.9. The van der Waals surface area contributed by atoms with Gasteiger partial charge in [0.15, 0.2) is 4.80 Å². The number of carbonyl (C=O) groups is 1. The van der Waals surface area contributed by atoms with E-state index in [1.54, 1.807) is 10.8 Å². The second-order valence-corrected chi connectivity index (χ2v) is 7.53. The van der Waals surface area contributed by atoms with Crippen LogP contribution in [-0.4, -0.2) is 17.0 Å². The highest BCUT2D eigenvalue weighted by Crippen LogP contribution is 2.29. The number of halogens is 3. The van der Waals surface area contributed by atoms with Crippen molar-refractivity contribution in [2.45, 2.75) is 26.1 Å². The molecule has 0 aliphatic rings. The summed E-state index contributed by atoms with van der Waals surface area (Å²) >= 11 is 1.33. The van der Waals surface area contributed by atoms with E-state index in [-0.39, 0.29) is 5.91 Å². The Labute approximate surface area is 170 Å². The van der Waals surface area contributed by atoms with E-state index < -0.39 is 11.7 Å². The molecule has 8 heteroatoms. The van der Waals surface area contributed by atoms with Crippen molar-refractivity contribution in [3.63, 3.8) is 0 Å². The van der Waals surface area contributed by atoms with Gasteiger partial charge in [-0.05, 0) is 42.8 Å². The highest BCUT2D eigenvalue weighted by Gasteiger charge is 2.30. The van der Waals surface area contributed by atoms with Crippen molar-refractivity contribution in [2.24, 2.45) is 4.99 Å². The van der Waals surface area contributed by atoms with Crippen LogP contribution >= 0.6 is 11.3 Å². The van der Waals surface area contributed by atoms with E-state index in [1.807, 2.05) is 18.2 Å². The first-order chi connectivity index (χ1) is 13.8. The highest BCUT2D eigenvalue weighted by molar-refractivity contribution is 7.09. The lowest BCUT2D eigenvalue weighted by Crippen LogP contribution is -2.16. The number of carbonyl (C=O) groups excluding carboxylic acids is 1. The largest absolute Gasteiger partial charge is 0.416 e. The average Bonchev–Trinajstić information content (AvgIpc) is 3.07. The minimum Gasteiger partial charge on any atom is -0.311 e. The summed E-state index contributed by atoms with van der Waals surface area (Å²) in [6.45, 7) is 2.70. The Hall–Kier alpha value is -2.71. The number of aromatic nitrogens is 1. The fourth-order valence-electron chi connectivity index (χ4n) is 2.77. The Morgan fingerprint density at radius 1 is 1.10 bits per heavy atom. The van der Waals surface area contributed by atoms with Crippen LogP contribution < -0.4 is 10.1 Å². The van der Waals surface area contributed by atoms with E-state index in [2.05, 4.69) is 22.4 Å². The van der Waals surface area contributed by atoms with Gasteiger partial charge >= 0.3 is 6.18 Å². The van der Waals surface area contributed by atoms with Crippen molar-refractivity contribution in [3.8, 4) is 5.69 Å². The third-order valence-corrected chi connectivity index (χ3v) is 5.14. The zero-order valence-corrected chi connectivity index (χ0v) is 16.6. The zero-order valence-electron chi connectivity index (χ0n) is 15.7. The van der Waals surface area contributed by atoms with Crippen LogP contribution in [0.5, 0.6) is 0 Å². The second kappa shape index (κ2) is 9.19. The number of benzene rings is 2. The van der Waals surface area contributed by atoms with Gasteiger partial charge < -0.3 is 5.32 Å². The van der Waals surface area contributed by atoms with Gasteiger partial charge in [-0.25, -0.2) is 0 Å². The van der Waals surface area contributed by atoms with Crippen LogP contribution in [-0.2, 0) is 23.9 Å². The SMILES string of the molecule is CC(=O)/N=c1\sc(CNCCc2ccccc2)cn1-c1ccc(C(F)(F)F)cc1. The molecule has 3 aromatic rings. The van der Waals surface area contributed by atoms with E-state index in [9.17, 15) is 18.0 Å². The van der Waals surface area contributed by atoms with Gasteiger partial charge in [0.25, 0.3) is 0 Å². The van der Waals surface area contributed by atoms with E-state index in [4.69, 9.17) is 0 Å². The van der Waals surface area contributed by atoms with Gasteiger partial charge in [0.2, 0.25) is 5.91 Å². The molecule has 1 amide bonds. The molecule has 152 valence electrons. The molecule has 0 radical (unpaired) electrons. The summed E-state index contributed by atoms with van der Waals surface area (Å²) in [5.41, 5.74) is 1.04. The summed E-state index contributed by atoms with van der Waals surface area (Å²) < 4.78 is 40.0. The molecular formula is C21H20F3N3OS. The molecule has 0 bridgehead atoms. The highest BCUT2D eigenvalue weighted by atomic mass is 32.1. The Morgan fingerprint density at radius 2 is 1.79 bits per heavy atom. The monoisotopic (exact) mass is 419 g/mol. The fourth-order valence-corrected chi connectivity index (χ4v) is 3.77. The smallest absolute Gasteiger partial charge is 0.311 e. The minimum atomic E-state index is -4.39. The number of rotatable bonds is 6. The standard InChI is InChI=1S/C21H20F3N3OS/c1-15(28)26-20-27(18-9-7-17(8-10-18)21(22,23)24)14-19(29-20)13-25-12-11-16-5-3-2-4-6-16/h2-10,14,25H,11-13H2,1H3/b26-20-. The molecule has 0 unspecified atom stereocenters. The van der Waals surface area contributed by atoms with Gasteiger partial charge in [0.1, 0.15) is 0 Å². The third kappa shape index (κ3) is 5.88. The van der Waals surface area contributed by atoms with Crippen LogP contribution in [0, 0.1) is 0 Å². The zero-order chi connectivity index (χ0) is 20.9. The molecule has 0 aliphatic heterocycles. The number of nitrogens with zero attached hydrogens (tertiary/aromatic N) is 2. The predicted molar refractivity (Wildman–Crippen MR) is 107 cm³/mol. The summed E-state index contributed by atoms with van der Waals surface area (Å²) in [7, 11) is 0. The first-order valence-electron chi connectivity index (χ1n) is 9.02. The third-order valence-electron chi connectivity index (χ3n) is 4.16. The maximum absolute atomic E-state index is 12.8. The van der Waals surface area contributed by atoms with Crippen molar-refractivity contribution in [3.05, 3.63) is 81.6 Å². The van der Waals surface area contributed by atoms with Crippen molar-refractivity contribution in [1.82, 2.24) is 9.88 Å². The molecule has 0 saturated carbocycles. The molecule has 1 aromatic heterocycles. The quantitative estimate of drug-likeness (QED) is 0.605. The Bertz CT molecular complexity index is 1020. The Kier molecular flexibility index (Phi) is 6.66. The van der Waals surface area contributed by atoms with Gasteiger partial charge in [-0.3, -0.25) is 9.36 Å². The van der Waals surface area contributed by atoms with E-state index in [1.165, 1.54) is 36.0 Å². The molecule has 1 N–H and O–H groups in total. The molecule has 4 nitrogen and oxygen atoms in total. The summed E-state index contributed by atoms with van der Waals surface area (Å²) in [4.78, 5) is 16.8. The normalized spacial score (nSPS) is 12.3. The molecule has 1 heterocycles. The lowest BCUT2D eigenvalue weighted by atomic mass is 10.1. The molecule has 0 atom stereocenters. The average molecular weight is 419 g/mol. The van der Waals surface area contributed by atoms with Crippen LogP contribution in [0.2, 0.25) is 0 Å². The van der Waals surface area contributed by atoms with Crippen molar-refractivity contribution < 1.29 is 18.0 Å². The lowest BCUT2D eigenvalue weighted by molar-refractivity contribution is -0.137. The summed E-state index contributed by atoms with van der Waals surface area (Å²) in [5.74, 6) is -0.365. The molecular weight excluding hydrogens is 399 g/mol. The van der Waals surface area contributed by atoms with Gasteiger partial charge in [-0.1, -0.05) is 41.7 Å². The maximum Gasteiger partial charge on any atom is 0.416 e. The minimum absolute atomic E-state index is 0.365. The van der Waals surface area contributed by atoms with Crippen LogP contribution in [0.3, 0.4) is 0 Å². The van der Waals surface area contributed by atoms with Crippen LogP contribution in [0.25, 0.3) is 5.69 Å². The molecule has 2 aromatic carbocycles. The Balaban J connectivity index is 1.75. The Morgan fingerprint density at radius 3 is 2.41 bits per heavy atom. The molecule has 0 aliphatic carbocycles. The molecule has 0 fully saturated rings. The van der Waals surface area contributed by atoms with Gasteiger partial charge in [-0.2, -0.15) is 18.2 Å². The number of thiazole rings is 1. The van der Waals surface area contributed by atoms with Crippen molar-refractivity contribution in [1.29, 1.82) is 0 Å². The number of alkyl halides is 3. The molecule has 29 heavy (non-hydrogen) atoms. The first-order valence-corrected chi connectivity index (χ1v) is 9.83. The van der Waals surface area contributed by atoms with Crippen LogP contribution in [0.4, 0.5) is 13.2 Å². The van der Waals surface area contributed by atoms with Gasteiger partial charge in [-0.15, -0.1) is 0 Å². The number of nitrogens with one attached hydrogen (secondary N) is 1. The van der Waals surface area contributed by atoms with Crippen molar-refractivity contribution in [2.75, 3.05) is 6.54 Å². The van der Waals surface area contributed by atoms with Crippen molar-refractivity contribution >= 4 is 17.2 Å². The van der Waals surface area contributed by atoms with Crippen LogP contribution in [0.1, 0.15) is 22.9 Å². The summed E-state index contributed by atoms with van der Waals surface area (Å²) in [5, 5.41) is 3.35. The lowest BCUT2D eigenvalue weighted by Gasteiger charge is -2.08. The second-order valence-electron chi connectivity index (χ2n) is 6.44. The molecule has 3 rings (SSSR count). The topological polar surface area (TPSA) is 46.4 Å². The number of hydrogen-bond donors (Lipinski definition) is 1. The summed E-state index contributed by atoms with van der Waals surface area (Å²) in [6.07, 6.45) is -1.71. The first kappa shape index (κ1) is 21.0. The maximum atomic E-state index is 12.8. The predicted octanol–water partition coefficient (Wildman–Crippen LogP) is 4.34. The van der Waals surface area contributed by atoms with E-state index in [0.717, 1.165) is 30.0 Å².